The Morgan fingerprint density at radius 2 is 1.72 bits per heavy atom. The number of alkyl halides is 1. The van der Waals surface area contributed by atoms with Crippen LogP contribution in [0, 0.1) is 29.6 Å². The molecule has 1 amide bonds. The molecular formula is C48H76FN7O8. The number of carbonyl (C=O) groups is 4. The van der Waals surface area contributed by atoms with Gasteiger partial charge in [-0.3, -0.25) is 19.6 Å². The van der Waals surface area contributed by atoms with Crippen molar-refractivity contribution < 1.29 is 42.9 Å². The van der Waals surface area contributed by atoms with Crippen LogP contribution in [0.3, 0.4) is 0 Å². The SMILES string of the molecule is CCCCC(CNC1CC(N(C)C)CC(C)O1)C1C(C)C(=O)C(C)(F)C(=O)OC(CC)C2(C)OC(=O)N(CCCCn3cc(-c4cccc(N)c4)nn3)C2C(C)C(=O)C(C)CC1(C)O. The van der Waals surface area contributed by atoms with Crippen molar-refractivity contribution in [3.05, 3.63) is 30.5 Å². The molecule has 0 aliphatic carbocycles. The van der Waals surface area contributed by atoms with Crippen molar-refractivity contribution in [1.29, 1.82) is 0 Å². The number of hydrogen-bond donors (Lipinski definition) is 3. The normalized spacial score (nSPS) is 34.9. The summed E-state index contributed by atoms with van der Waals surface area (Å²) in [6.07, 6.45) is 4.66. The van der Waals surface area contributed by atoms with Crippen LogP contribution in [0.1, 0.15) is 120 Å². The van der Waals surface area contributed by atoms with Gasteiger partial charge in [-0.15, -0.1) is 5.10 Å². The van der Waals surface area contributed by atoms with Crippen molar-refractivity contribution >= 4 is 29.3 Å². The molecule has 13 atom stereocenters. The molecule has 2 aromatic rings. The zero-order valence-corrected chi connectivity index (χ0v) is 40.1. The van der Waals surface area contributed by atoms with Gasteiger partial charge in [0.05, 0.1) is 23.9 Å². The largest absolute Gasteiger partial charge is 0.455 e. The predicted molar refractivity (Wildman–Crippen MR) is 242 cm³/mol. The van der Waals surface area contributed by atoms with Crippen molar-refractivity contribution in [1.82, 2.24) is 30.1 Å². The van der Waals surface area contributed by atoms with E-state index in [-0.39, 0.29) is 43.4 Å². The number of aryl methyl sites for hydroxylation is 1. The van der Waals surface area contributed by atoms with Gasteiger partial charge in [-0.05, 0) is 98.4 Å². The zero-order chi connectivity index (χ0) is 47.3. The molecule has 3 aliphatic heterocycles. The molecule has 0 radical (unpaired) electrons. The number of aromatic nitrogens is 3. The average molecular weight is 898 g/mol. The molecule has 0 spiro atoms. The first-order valence-electron chi connectivity index (χ1n) is 23.6. The number of unbranched alkanes of at least 4 members (excludes halogenated alkanes) is 2. The minimum atomic E-state index is -3.11. The average Bonchev–Trinajstić information content (AvgIpc) is 3.81. The minimum Gasteiger partial charge on any atom is -0.455 e. The second-order valence-corrected chi connectivity index (χ2v) is 19.9. The van der Waals surface area contributed by atoms with Gasteiger partial charge in [0.15, 0.2) is 11.4 Å². The van der Waals surface area contributed by atoms with E-state index >= 15 is 4.39 Å². The van der Waals surface area contributed by atoms with E-state index in [2.05, 4.69) is 27.5 Å². The number of nitrogens with zero attached hydrogens (tertiary/aromatic N) is 5. The fourth-order valence-corrected chi connectivity index (χ4v) is 11.1. The van der Waals surface area contributed by atoms with E-state index in [1.807, 2.05) is 45.4 Å². The van der Waals surface area contributed by atoms with Crippen LogP contribution in [0.25, 0.3) is 11.3 Å². The van der Waals surface area contributed by atoms with Gasteiger partial charge in [-0.25, -0.2) is 14.0 Å². The number of anilines is 1. The van der Waals surface area contributed by atoms with Gasteiger partial charge in [0.25, 0.3) is 5.67 Å². The fourth-order valence-electron chi connectivity index (χ4n) is 11.1. The summed E-state index contributed by atoms with van der Waals surface area (Å²) >= 11 is 0. The molecular weight excluding hydrogens is 822 g/mol. The number of carbonyl (C=O) groups excluding carboxylic acids is 4. The van der Waals surface area contributed by atoms with Crippen LogP contribution in [0.5, 0.6) is 0 Å². The van der Waals surface area contributed by atoms with E-state index in [0.717, 1.165) is 38.2 Å². The lowest BCUT2D eigenvalue weighted by Gasteiger charge is -2.46. The summed E-state index contributed by atoms with van der Waals surface area (Å²) in [5.74, 6) is -6.62. The number of nitrogens with two attached hydrogens (primary N) is 1. The third-order valence-electron chi connectivity index (χ3n) is 14.4. The van der Waals surface area contributed by atoms with Crippen molar-refractivity contribution in [2.45, 2.75) is 174 Å². The number of esters is 1. The van der Waals surface area contributed by atoms with E-state index in [1.165, 1.54) is 4.90 Å². The molecule has 3 fully saturated rings. The molecule has 4 heterocycles. The third-order valence-corrected chi connectivity index (χ3v) is 14.4. The van der Waals surface area contributed by atoms with E-state index < -0.39 is 70.5 Å². The lowest BCUT2D eigenvalue weighted by atomic mass is 9.64. The highest BCUT2D eigenvalue weighted by atomic mass is 19.1. The highest BCUT2D eigenvalue weighted by molar-refractivity contribution is 6.07. The number of hydrogen-bond acceptors (Lipinski definition) is 13. The molecule has 0 bridgehead atoms. The Labute approximate surface area is 379 Å². The van der Waals surface area contributed by atoms with Gasteiger partial charge in [0.2, 0.25) is 0 Å². The topological polar surface area (TPSA) is 191 Å². The number of aliphatic hydroxyl groups is 1. The maximum atomic E-state index is 17.1. The second kappa shape index (κ2) is 21.1. The lowest BCUT2D eigenvalue weighted by Crippen LogP contribution is -2.60. The molecule has 0 saturated carbocycles. The van der Waals surface area contributed by atoms with Crippen molar-refractivity contribution in [2.24, 2.45) is 29.6 Å². The van der Waals surface area contributed by atoms with E-state index in [4.69, 9.17) is 19.9 Å². The minimum absolute atomic E-state index is 0.0115. The molecule has 4 N–H and O–H groups in total. The summed E-state index contributed by atoms with van der Waals surface area (Å²) in [6, 6.07) is 6.74. The predicted octanol–water partition coefficient (Wildman–Crippen LogP) is 6.61. The summed E-state index contributed by atoms with van der Waals surface area (Å²) in [7, 11) is 4.09. The van der Waals surface area contributed by atoms with Gasteiger partial charge in [-0.2, -0.15) is 0 Å². The maximum Gasteiger partial charge on any atom is 0.410 e. The number of ketones is 2. The highest BCUT2D eigenvalue weighted by Gasteiger charge is 2.61. The number of nitrogen functional groups attached to an aromatic ring is 1. The number of cyclic esters (lactones) is 1. The van der Waals surface area contributed by atoms with Crippen LogP contribution >= 0.6 is 0 Å². The Balaban J connectivity index is 1.44. The highest BCUT2D eigenvalue weighted by Crippen LogP contribution is 2.45. The third kappa shape index (κ3) is 11.3. The number of rotatable bonds is 15. The molecule has 1 aromatic carbocycles. The van der Waals surface area contributed by atoms with E-state index in [0.29, 0.717) is 49.8 Å². The number of Topliss-reactive ketones (excluding diaryl/α,β-unsaturated/α-hetero) is 2. The lowest BCUT2D eigenvalue weighted by molar-refractivity contribution is -0.182. The molecule has 64 heavy (non-hydrogen) atoms. The molecule has 16 heteroatoms. The Hall–Kier alpha value is -3.99. The van der Waals surface area contributed by atoms with Crippen molar-refractivity contribution in [2.75, 3.05) is 32.9 Å². The molecule has 13 unspecified atom stereocenters. The number of halogens is 1. The van der Waals surface area contributed by atoms with Crippen molar-refractivity contribution in [3.63, 3.8) is 0 Å². The maximum absolute atomic E-state index is 17.1. The van der Waals surface area contributed by atoms with Gasteiger partial charge in [0.1, 0.15) is 23.8 Å². The van der Waals surface area contributed by atoms with E-state index in [9.17, 15) is 24.3 Å². The summed E-state index contributed by atoms with van der Waals surface area (Å²) in [4.78, 5) is 61.0. The monoisotopic (exact) mass is 898 g/mol. The summed E-state index contributed by atoms with van der Waals surface area (Å²) < 4.78 is 37.2. The first kappa shape index (κ1) is 51.0. The first-order valence-corrected chi connectivity index (χ1v) is 23.6. The molecule has 358 valence electrons. The Morgan fingerprint density at radius 1 is 1.02 bits per heavy atom. The quantitative estimate of drug-likeness (QED) is 0.0751. The molecule has 3 saturated heterocycles. The summed E-state index contributed by atoms with van der Waals surface area (Å²) in [5.41, 5.74) is 1.72. The summed E-state index contributed by atoms with van der Waals surface area (Å²) in [5, 5.41) is 24.8. The van der Waals surface area contributed by atoms with Crippen LogP contribution in [-0.2, 0) is 35.1 Å². The van der Waals surface area contributed by atoms with Crippen LogP contribution in [0.4, 0.5) is 14.9 Å². The van der Waals surface area contributed by atoms with Gasteiger partial charge < -0.3 is 34.9 Å². The van der Waals surface area contributed by atoms with Crippen molar-refractivity contribution in [3.8, 4) is 11.3 Å². The van der Waals surface area contributed by atoms with Gasteiger partial charge in [-0.1, -0.05) is 64.8 Å². The number of amides is 1. The van der Waals surface area contributed by atoms with E-state index in [1.54, 1.807) is 52.3 Å². The summed E-state index contributed by atoms with van der Waals surface area (Å²) in [6.45, 7) is 16.1. The number of benzene rings is 1. The van der Waals surface area contributed by atoms with Crippen LogP contribution < -0.4 is 11.1 Å². The first-order chi connectivity index (χ1) is 30.0. The van der Waals surface area contributed by atoms with Gasteiger partial charge in [0, 0.05) is 67.0 Å². The molecule has 3 aliphatic rings. The second-order valence-electron chi connectivity index (χ2n) is 19.9. The van der Waals surface area contributed by atoms with Crippen LogP contribution in [-0.4, -0.2) is 128 Å². The molecule has 15 nitrogen and oxygen atoms in total. The standard InChI is InChI=1S/C48H76FN7O8/c1-12-14-18-34(27-51-39-25-36(54(10)11)23-30(4)62-39)40-31(5)43(58)47(8,49)44(59)63-38(13-2)48(9)42(32(6)41(57)29(3)26-46(40,7)61)56(45(60)64-48)22-16-15-21-55-28-37(52-53-55)33-19-17-20-35(50)24-33/h17,19-20,24,28-32,34,36,38-40,42,51,61H,12-16,18,21-23,25-27,50H2,1-11H3. The number of nitrogens with one attached hydrogen (secondary N) is 1. The Morgan fingerprint density at radius 3 is 2.38 bits per heavy atom. The fraction of sp³-hybridized carbons (Fsp3) is 0.750. The smallest absolute Gasteiger partial charge is 0.410 e. The van der Waals surface area contributed by atoms with Crippen LogP contribution in [0.2, 0.25) is 0 Å². The van der Waals surface area contributed by atoms with Crippen LogP contribution in [0.15, 0.2) is 30.5 Å². The molecule has 1 aromatic heterocycles. The van der Waals surface area contributed by atoms with Gasteiger partial charge >= 0.3 is 12.1 Å². The Bertz CT molecular complexity index is 1920. The Kier molecular flexibility index (Phi) is 16.8. The molecule has 5 rings (SSSR count). The number of fused-ring (bicyclic) bond motifs is 1. The zero-order valence-electron chi connectivity index (χ0n) is 40.1. The number of ether oxygens (including phenoxy) is 3.